The zero-order valence-corrected chi connectivity index (χ0v) is 27.3. The van der Waals surface area contributed by atoms with Gasteiger partial charge in [0, 0.05) is 79.1 Å². The number of carbonyl (C=O) groups excluding carboxylic acids is 2. The summed E-state index contributed by atoms with van der Waals surface area (Å²) >= 11 is 0. The molecule has 6 rings (SSSR count). The maximum atomic E-state index is 16.2. The van der Waals surface area contributed by atoms with Gasteiger partial charge in [0.25, 0.3) is 5.91 Å². The van der Waals surface area contributed by atoms with Gasteiger partial charge in [0.15, 0.2) is 5.94 Å². The van der Waals surface area contributed by atoms with E-state index in [0.717, 1.165) is 67.6 Å². The van der Waals surface area contributed by atoms with Gasteiger partial charge in [-0.1, -0.05) is 0 Å². The molecule has 2 aromatic rings. The summed E-state index contributed by atoms with van der Waals surface area (Å²) in [4.78, 5) is 28.1. The van der Waals surface area contributed by atoms with E-state index in [-0.39, 0.29) is 35.4 Å². The highest BCUT2D eigenvalue weighted by molar-refractivity contribution is 5.99. The molecule has 1 spiro atoms. The van der Waals surface area contributed by atoms with Crippen molar-refractivity contribution < 1.29 is 28.2 Å². The van der Waals surface area contributed by atoms with Gasteiger partial charge in [-0.25, -0.2) is 9.18 Å². The Morgan fingerprint density at radius 3 is 2.54 bits per heavy atom. The van der Waals surface area contributed by atoms with Crippen LogP contribution in [-0.2, 0) is 30.8 Å². The number of hydrogen-bond acceptors (Lipinski definition) is 7. The second-order valence-electron chi connectivity index (χ2n) is 12.8. The average molecular weight is 630 g/mol. The molecule has 3 heterocycles. The van der Waals surface area contributed by atoms with Crippen LogP contribution in [0.4, 0.5) is 10.1 Å². The fourth-order valence-corrected chi connectivity index (χ4v) is 7.76. The molecule has 0 atom stereocenters. The average Bonchev–Trinajstić information content (AvgIpc) is 3.40. The van der Waals surface area contributed by atoms with Gasteiger partial charge in [-0.15, -0.1) is 0 Å². The van der Waals surface area contributed by atoms with Crippen molar-refractivity contribution in [2.45, 2.75) is 70.8 Å². The largest absolute Gasteiger partial charge is 0.496 e. The normalized spacial score (nSPS) is 19.3. The summed E-state index contributed by atoms with van der Waals surface area (Å²) in [5.74, 6) is 1.83. The van der Waals surface area contributed by atoms with Gasteiger partial charge in [-0.2, -0.15) is 0 Å². The van der Waals surface area contributed by atoms with Gasteiger partial charge in [0.05, 0.1) is 7.11 Å². The van der Waals surface area contributed by atoms with E-state index in [1.54, 1.807) is 18.2 Å². The number of rotatable bonds is 8. The molecule has 1 amide bonds. The van der Waals surface area contributed by atoms with Gasteiger partial charge in [0.2, 0.25) is 0 Å². The van der Waals surface area contributed by atoms with Crippen LogP contribution in [-0.4, -0.2) is 64.5 Å². The van der Waals surface area contributed by atoms with Crippen LogP contribution in [0.1, 0.15) is 73.0 Å². The first-order valence-electron chi connectivity index (χ1n) is 16.4. The third-order valence-electron chi connectivity index (χ3n) is 10.3. The topological polar surface area (TPSA) is 89.1 Å². The number of allylic oxidation sites excluding steroid dienone is 2. The lowest BCUT2D eigenvalue weighted by Gasteiger charge is -2.37. The number of halogens is 1. The summed E-state index contributed by atoms with van der Waals surface area (Å²) in [5.41, 5.74) is 7.15. The number of anilines is 1. The van der Waals surface area contributed by atoms with Crippen LogP contribution in [0.15, 0.2) is 53.1 Å². The lowest BCUT2D eigenvalue weighted by Crippen LogP contribution is -2.40. The van der Waals surface area contributed by atoms with Crippen molar-refractivity contribution in [3.8, 4) is 11.1 Å². The number of methoxy groups -OCH3 is 1. The molecule has 0 aromatic heterocycles. The van der Waals surface area contributed by atoms with Crippen LogP contribution >= 0.6 is 0 Å². The number of dihydropyridines is 1. The molecule has 4 aliphatic rings. The van der Waals surface area contributed by atoms with Crippen molar-refractivity contribution in [2.24, 2.45) is 0 Å². The molecule has 46 heavy (non-hydrogen) atoms. The quantitative estimate of drug-likeness (QED) is 0.365. The highest BCUT2D eigenvalue weighted by Crippen LogP contribution is 2.48. The first-order valence-corrected chi connectivity index (χ1v) is 16.4. The van der Waals surface area contributed by atoms with E-state index in [1.807, 2.05) is 31.9 Å². The third-order valence-corrected chi connectivity index (χ3v) is 10.3. The number of benzene rings is 2. The maximum absolute atomic E-state index is 16.2. The highest BCUT2D eigenvalue weighted by Gasteiger charge is 2.40. The summed E-state index contributed by atoms with van der Waals surface area (Å²) in [6.07, 6.45) is 7.29. The van der Waals surface area contributed by atoms with Crippen LogP contribution in [0.2, 0.25) is 0 Å². The Morgan fingerprint density at radius 1 is 1.11 bits per heavy atom. The molecule has 3 aliphatic heterocycles. The summed E-state index contributed by atoms with van der Waals surface area (Å²) < 4.78 is 33.0. The van der Waals surface area contributed by atoms with Crippen LogP contribution in [0, 0.1) is 12.7 Å². The van der Waals surface area contributed by atoms with Crippen LogP contribution in [0.25, 0.3) is 11.1 Å². The molecule has 8 nitrogen and oxygen atoms in total. The molecule has 244 valence electrons. The molecule has 0 bridgehead atoms. The van der Waals surface area contributed by atoms with Crippen LogP contribution < -0.4 is 15.5 Å². The van der Waals surface area contributed by atoms with Gasteiger partial charge in [-0.05, 0) is 112 Å². The van der Waals surface area contributed by atoms with Crippen molar-refractivity contribution in [2.75, 3.05) is 51.5 Å². The predicted octanol–water partition coefficient (Wildman–Crippen LogP) is 5.65. The summed E-state index contributed by atoms with van der Waals surface area (Å²) in [6, 6.07) is 7.86. The first-order chi connectivity index (χ1) is 22.3. The Hall–Kier alpha value is -3.91. The first kappa shape index (κ1) is 32.0. The SMILES string of the molecule is CCN(c1cc(-c2cc3c(cc2F)C2(CCOCC2)CC3)cc(C(=O)NCC2=C(OC)C=C(C)NC2=C=O)c1C)C1CCOCC1. The van der Waals surface area contributed by atoms with Gasteiger partial charge >= 0.3 is 0 Å². The number of amides is 1. The molecule has 0 unspecified atom stereocenters. The van der Waals surface area contributed by atoms with E-state index in [1.165, 1.54) is 12.7 Å². The second-order valence-corrected chi connectivity index (χ2v) is 12.8. The van der Waals surface area contributed by atoms with Crippen molar-refractivity contribution >= 4 is 17.5 Å². The Bertz CT molecular complexity index is 1630. The number of fused-ring (bicyclic) bond motifs is 2. The Labute approximate surface area is 270 Å². The van der Waals surface area contributed by atoms with E-state index in [4.69, 9.17) is 14.2 Å². The lowest BCUT2D eigenvalue weighted by atomic mass is 9.75. The van der Waals surface area contributed by atoms with E-state index in [9.17, 15) is 9.59 Å². The summed E-state index contributed by atoms with van der Waals surface area (Å²) in [6.45, 7) is 9.47. The minimum atomic E-state index is -0.314. The van der Waals surface area contributed by atoms with Gasteiger partial charge in [-0.3, -0.25) is 4.79 Å². The van der Waals surface area contributed by atoms with Crippen molar-refractivity contribution in [1.82, 2.24) is 10.6 Å². The smallest absolute Gasteiger partial charge is 0.251 e. The number of nitrogens with zero attached hydrogens (tertiary/aromatic N) is 1. The fourth-order valence-electron chi connectivity index (χ4n) is 7.76. The number of carbonyl (C=O) groups is 1. The number of hydrogen-bond donors (Lipinski definition) is 2. The van der Waals surface area contributed by atoms with Crippen molar-refractivity contribution in [1.29, 1.82) is 0 Å². The molecule has 0 saturated carbocycles. The van der Waals surface area contributed by atoms with E-state index >= 15 is 4.39 Å². The van der Waals surface area contributed by atoms with E-state index in [2.05, 4.69) is 22.5 Å². The molecular weight excluding hydrogens is 585 g/mol. The molecular formula is C37H44FN3O5. The Kier molecular flexibility index (Phi) is 9.37. The zero-order valence-electron chi connectivity index (χ0n) is 27.3. The minimum absolute atomic E-state index is 0.00916. The zero-order chi connectivity index (χ0) is 32.4. The fraction of sp³-hybridized carbons (Fsp3) is 0.486. The second kappa shape index (κ2) is 13.4. The van der Waals surface area contributed by atoms with Crippen molar-refractivity contribution in [3.05, 3.63) is 81.1 Å². The monoisotopic (exact) mass is 629 g/mol. The predicted molar refractivity (Wildman–Crippen MR) is 176 cm³/mol. The molecule has 2 N–H and O–H groups in total. The minimum Gasteiger partial charge on any atom is -0.496 e. The molecule has 0 radical (unpaired) electrons. The molecule has 2 fully saturated rings. The number of nitrogens with one attached hydrogen (secondary N) is 2. The molecule has 9 heteroatoms. The molecule has 2 saturated heterocycles. The molecule has 2 aromatic carbocycles. The summed E-state index contributed by atoms with van der Waals surface area (Å²) in [5, 5.41) is 6.00. The number of ether oxygens (including phenoxy) is 3. The Morgan fingerprint density at radius 2 is 1.85 bits per heavy atom. The Balaban J connectivity index is 1.41. The number of aryl methyl sites for hydroxylation is 1. The highest BCUT2D eigenvalue weighted by atomic mass is 19.1. The van der Waals surface area contributed by atoms with Crippen LogP contribution in [0.3, 0.4) is 0 Å². The lowest BCUT2D eigenvalue weighted by molar-refractivity contribution is 0.0505. The molecule has 1 aliphatic carbocycles. The van der Waals surface area contributed by atoms with Crippen LogP contribution in [0.5, 0.6) is 0 Å². The van der Waals surface area contributed by atoms with E-state index in [0.29, 0.717) is 54.5 Å². The van der Waals surface area contributed by atoms with Gasteiger partial charge < -0.3 is 29.7 Å². The standard InChI is InChI=1S/C37H44FN3O5/c1-5-41(27-7-12-45-13-8-27)34-19-26(29-17-25-6-9-37(10-14-46-15-11-37)31(25)20-32(29)38)18-28(24(34)3)36(43)39-21-30-33(22-42)40-23(2)16-35(30)44-4/h16-20,27,40H,5-15,21H2,1-4H3,(H,39,43). The van der Waals surface area contributed by atoms with Gasteiger partial charge in [0.1, 0.15) is 17.3 Å². The van der Waals surface area contributed by atoms with E-state index < -0.39 is 0 Å². The van der Waals surface area contributed by atoms with Crippen molar-refractivity contribution in [3.63, 3.8) is 0 Å². The third kappa shape index (κ3) is 5.99. The summed E-state index contributed by atoms with van der Waals surface area (Å²) in [7, 11) is 1.53. The maximum Gasteiger partial charge on any atom is 0.251 e.